The highest BCUT2D eigenvalue weighted by molar-refractivity contribution is 7.99. The van der Waals surface area contributed by atoms with Crippen LogP contribution in [0, 0.1) is 0 Å². The highest BCUT2D eigenvalue weighted by atomic mass is 32.2. The van der Waals surface area contributed by atoms with Gasteiger partial charge in [0.2, 0.25) is 0 Å². The molecule has 9 aromatic rings. The second-order valence-corrected chi connectivity index (χ2v) is 15.0. The molecular formula is C47H30N2S2. The second kappa shape index (κ2) is 12.2. The number of rotatable bonds is 5. The van der Waals surface area contributed by atoms with Crippen LogP contribution in [-0.4, -0.2) is 9.97 Å². The minimum Gasteiger partial charge on any atom is -0.226 e. The van der Waals surface area contributed by atoms with Crippen LogP contribution >= 0.6 is 23.1 Å². The third-order valence-electron chi connectivity index (χ3n) is 10.0. The molecule has 0 spiro atoms. The molecule has 4 heteroatoms. The summed E-state index contributed by atoms with van der Waals surface area (Å²) in [5, 5.41) is 1.16. The fourth-order valence-electron chi connectivity index (χ4n) is 7.74. The Morgan fingerprint density at radius 3 is 1.84 bits per heavy atom. The maximum Gasteiger partial charge on any atom is 0.160 e. The smallest absolute Gasteiger partial charge is 0.160 e. The summed E-state index contributed by atoms with van der Waals surface area (Å²) in [6.45, 7) is 0. The van der Waals surface area contributed by atoms with Gasteiger partial charge in [-0.3, -0.25) is 0 Å². The van der Waals surface area contributed by atoms with Gasteiger partial charge in [0.05, 0.1) is 21.3 Å². The van der Waals surface area contributed by atoms with Crippen LogP contribution in [0.4, 0.5) is 0 Å². The molecule has 0 saturated heterocycles. The summed E-state index contributed by atoms with van der Waals surface area (Å²) >= 11 is 3.61. The van der Waals surface area contributed by atoms with Gasteiger partial charge in [-0.15, -0.1) is 11.3 Å². The van der Waals surface area contributed by atoms with Gasteiger partial charge in [0.15, 0.2) is 5.82 Å². The van der Waals surface area contributed by atoms with Gasteiger partial charge in [-0.25, -0.2) is 9.97 Å². The molecular weight excluding hydrogens is 657 g/mol. The molecule has 0 bridgehead atoms. The highest BCUT2D eigenvalue weighted by Gasteiger charge is 2.44. The van der Waals surface area contributed by atoms with Crippen LogP contribution in [0.25, 0.3) is 54.1 Å². The average Bonchev–Trinajstić information content (AvgIpc) is 3.59. The van der Waals surface area contributed by atoms with Gasteiger partial charge < -0.3 is 0 Å². The van der Waals surface area contributed by atoms with Crippen molar-refractivity contribution in [2.45, 2.75) is 15.2 Å². The molecule has 0 unspecified atom stereocenters. The first-order valence-electron chi connectivity index (χ1n) is 17.2. The van der Waals surface area contributed by atoms with Crippen molar-refractivity contribution < 1.29 is 0 Å². The lowest BCUT2D eigenvalue weighted by Crippen LogP contribution is -2.34. The first-order chi connectivity index (χ1) is 25.3. The number of thiophene rings is 1. The van der Waals surface area contributed by atoms with Crippen LogP contribution in [0.15, 0.2) is 192 Å². The van der Waals surface area contributed by atoms with Crippen molar-refractivity contribution in [2.24, 2.45) is 0 Å². The SMILES string of the molecule is c1ccc(-c2cccc(-c3nc(-c4ccc5c(c4)C(c4ccccc4)(c4ccccc4)c4ccccc4S5)nc4c3sc3ccccc34)c2)cc1. The molecule has 10 rings (SSSR count). The first-order valence-corrected chi connectivity index (χ1v) is 18.8. The minimum absolute atomic E-state index is 0.526. The lowest BCUT2D eigenvalue weighted by molar-refractivity contribution is 0.703. The third kappa shape index (κ3) is 4.86. The van der Waals surface area contributed by atoms with Crippen molar-refractivity contribution in [2.75, 3.05) is 0 Å². The Hall–Kier alpha value is -5.81. The quantitative estimate of drug-likeness (QED) is 0.180. The molecule has 51 heavy (non-hydrogen) atoms. The monoisotopic (exact) mass is 686 g/mol. The molecule has 2 aromatic heterocycles. The van der Waals surface area contributed by atoms with E-state index < -0.39 is 5.41 Å². The first kappa shape index (κ1) is 30.1. The summed E-state index contributed by atoms with van der Waals surface area (Å²) in [4.78, 5) is 13.3. The zero-order chi connectivity index (χ0) is 33.8. The van der Waals surface area contributed by atoms with E-state index in [1.54, 1.807) is 11.3 Å². The van der Waals surface area contributed by atoms with Crippen LogP contribution in [0.1, 0.15) is 22.3 Å². The van der Waals surface area contributed by atoms with E-state index in [-0.39, 0.29) is 0 Å². The van der Waals surface area contributed by atoms with Crippen LogP contribution in [0.3, 0.4) is 0 Å². The van der Waals surface area contributed by atoms with E-state index in [0.29, 0.717) is 0 Å². The largest absolute Gasteiger partial charge is 0.226 e. The van der Waals surface area contributed by atoms with Crippen LogP contribution < -0.4 is 0 Å². The van der Waals surface area contributed by atoms with Crippen LogP contribution in [0.5, 0.6) is 0 Å². The molecule has 2 nitrogen and oxygen atoms in total. The van der Waals surface area contributed by atoms with Gasteiger partial charge in [-0.2, -0.15) is 0 Å². The maximum atomic E-state index is 5.45. The fourth-order valence-corrected chi connectivity index (χ4v) is 10.1. The molecule has 0 saturated carbocycles. The molecule has 0 radical (unpaired) electrons. The van der Waals surface area contributed by atoms with E-state index in [1.807, 2.05) is 11.8 Å². The summed E-state index contributed by atoms with van der Waals surface area (Å²) in [6.07, 6.45) is 0. The lowest BCUT2D eigenvalue weighted by atomic mass is 9.64. The summed E-state index contributed by atoms with van der Waals surface area (Å²) in [5.74, 6) is 0.729. The standard InChI is InChI=1S/C47H30N2S2/c1-4-15-31(16-5-1)32-17-14-18-33(29-32)43-45-44(37-23-10-12-25-40(37)51-45)49-46(48-43)34-27-28-42-39(30-34)47(35-19-6-2-7-20-35,36-21-8-3-9-22-36)38-24-11-13-26-41(38)50-42/h1-30H. The van der Waals surface area contributed by atoms with Gasteiger partial charge in [0.25, 0.3) is 0 Å². The van der Waals surface area contributed by atoms with Gasteiger partial charge in [0.1, 0.15) is 0 Å². The second-order valence-electron chi connectivity index (χ2n) is 12.9. The third-order valence-corrected chi connectivity index (χ3v) is 12.3. The molecule has 0 aliphatic carbocycles. The van der Waals surface area contributed by atoms with Crippen molar-refractivity contribution in [3.63, 3.8) is 0 Å². The lowest BCUT2D eigenvalue weighted by Gasteiger charge is -2.42. The van der Waals surface area contributed by atoms with E-state index in [2.05, 4.69) is 182 Å². The van der Waals surface area contributed by atoms with Gasteiger partial charge in [0, 0.05) is 31.0 Å². The summed E-state index contributed by atoms with van der Waals surface area (Å²) < 4.78 is 2.32. The Labute approximate surface area is 305 Å². The van der Waals surface area contributed by atoms with Crippen molar-refractivity contribution in [1.29, 1.82) is 0 Å². The summed E-state index contributed by atoms with van der Waals surface area (Å²) in [5.41, 5.74) is 10.9. The number of benzene rings is 7. The van der Waals surface area contributed by atoms with Crippen LogP contribution in [-0.2, 0) is 5.41 Å². The van der Waals surface area contributed by atoms with E-state index in [4.69, 9.17) is 9.97 Å². The Balaban J connectivity index is 1.24. The molecule has 0 amide bonds. The predicted octanol–water partition coefficient (Wildman–Crippen LogP) is 12.7. The van der Waals surface area contributed by atoms with Gasteiger partial charge in [-0.1, -0.05) is 163 Å². The fraction of sp³-hybridized carbons (Fsp3) is 0.0213. The molecule has 3 heterocycles. The van der Waals surface area contributed by atoms with E-state index >= 15 is 0 Å². The number of nitrogens with zero attached hydrogens (tertiary/aromatic N) is 2. The number of hydrogen-bond acceptors (Lipinski definition) is 4. The van der Waals surface area contributed by atoms with Gasteiger partial charge >= 0.3 is 0 Å². The van der Waals surface area contributed by atoms with Crippen molar-refractivity contribution in [3.8, 4) is 33.8 Å². The van der Waals surface area contributed by atoms with Crippen molar-refractivity contribution >= 4 is 43.4 Å². The zero-order valence-corrected chi connectivity index (χ0v) is 29.2. The normalized spacial score (nSPS) is 13.2. The highest BCUT2D eigenvalue weighted by Crippen LogP contribution is 2.56. The molecule has 1 aliphatic rings. The minimum atomic E-state index is -0.526. The van der Waals surface area contributed by atoms with Gasteiger partial charge in [-0.05, 0) is 63.7 Å². The maximum absolute atomic E-state index is 5.45. The Kier molecular flexibility index (Phi) is 7.19. The topological polar surface area (TPSA) is 25.8 Å². The van der Waals surface area contributed by atoms with Crippen molar-refractivity contribution in [1.82, 2.24) is 9.97 Å². The van der Waals surface area contributed by atoms with Crippen LogP contribution in [0.2, 0.25) is 0 Å². The number of aromatic nitrogens is 2. The molecule has 1 aliphatic heterocycles. The van der Waals surface area contributed by atoms with Crippen molar-refractivity contribution in [3.05, 3.63) is 204 Å². The predicted molar refractivity (Wildman–Crippen MR) is 214 cm³/mol. The Morgan fingerprint density at radius 2 is 1.06 bits per heavy atom. The molecule has 240 valence electrons. The molecule has 0 fully saturated rings. The molecule has 0 atom stereocenters. The number of fused-ring (bicyclic) bond motifs is 5. The van der Waals surface area contributed by atoms with E-state index in [0.717, 1.165) is 38.2 Å². The van der Waals surface area contributed by atoms with E-state index in [1.165, 1.54) is 47.9 Å². The summed E-state index contributed by atoms with van der Waals surface area (Å²) in [6, 6.07) is 65.5. The number of hydrogen-bond donors (Lipinski definition) is 0. The average molecular weight is 687 g/mol. The Bertz CT molecular complexity index is 2680. The summed E-state index contributed by atoms with van der Waals surface area (Å²) in [7, 11) is 0. The van der Waals surface area contributed by atoms with E-state index in [9.17, 15) is 0 Å². The molecule has 0 N–H and O–H groups in total. The Morgan fingerprint density at radius 1 is 0.431 bits per heavy atom. The molecule has 7 aromatic carbocycles. The zero-order valence-electron chi connectivity index (χ0n) is 27.5.